The summed E-state index contributed by atoms with van der Waals surface area (Å²) in [6.07, 6.45) is 1.08. The summed E-state index contributed by atoms with van der Waals surface area (Å²) >= 11 is 0. The third kappa shape index (κ3) is 5.43. The van der Waals surface area contributed by atoms with Gasteiger partial charge >= 0.3 is 5.97 Å². The van der Waals surface area contributed by atoms with Crippen molar-refractivity contribution in [1.82, 2.24) is 5.32 Å². The zero-order valence-corrected chi connectivity index (χ0v) is 12.3. The lowest BCUT2D eigenvalue weighted by atomic mass is 10.0. The molecule has 19 heavy (non-hydrogen) atoms. The van der Waals surface area contributed by atoms with Crippen LogP contribution in [0.4, 0.5) is 0 Å². The first-order valence-electron chi connectivity index (χ1n) is 6.94. The fraction of sp³-hybridized carbons (Fsp3) is 0.562. The SMILES string of the molecule is CC(C)Cc1ccc(CN[C@@H](C(=O)O)C(C)C)cc1. The molecule has 1 aromatic carbocycles. The van der Waals surface area contributed by atoms with Crippen molar-refractivity contribution in [3.63, 3.8) is 0 Å². The molecule has 106 valence electrons. The van der Waals surface area contributed by atoms with Gasteiger partial charge in [-0.3, -0.25) is 4.79 Å². The number of carbonyl (C=O) groups is 1. The first-order valence-corrected chi connectivity index (χ1v) is 6.94. The fourth-order valence-corrected chi connectivity index (χ4v) is 2.10. The van der Waals surface area contributed by atoms with Crippen molar-refractivity contribution in [3.8, 4) is 0 Å². The van der Waals surface area contributed by atoms with Gasteiger partial charge in [-0.25, -0.2) is 0 Å². The Kier molecular flexibility index (Phi) is 6.03. The molecular formula is C16H25NO2. The van der Waals surface area contributed by atoms with E-state index in [2.05, 4.69) is 43.4 Å². The van der Waals surface area contributed by atoms with E-state index in [1.54, 1.807) is 0 Å². The third-order valence-electron chi connectivity index (χ3n) is 3.13. The molecule has 0 heterocycles. The van der Waals surface area contributed by atoms with E-state index >= 15 is 0 Å². The number of hydrogen-bond donors (Lipinski definition) is 2. The van der Waals surface area contributed by atoms with Crippen molar-refractivity contribution in [2.24, 2.45) is 11.8 Å². The molecule has 1 rings (SSSR count). The van der Waals surface area contributed by atoms with Crippen LogP contribution in [0, 0.1) is 11.8 Å². The van der Waals surface area contributed by atoms with Gasteiger partial charge in [0.2, 0.25) is 0 Å². The number of hydrogen-bond acceptors (Lipinski definition) is 2. The standard InChI is InChI=1S/C16H25NO2/c1-11(2)9-13-5-7-14(8-6-13)10-17-15(12(3)4)16(18)19/h5-8,11-12,15,17H,9-10H2,1-4H3,(H,18,19)/t15-/m1/s1. The molecule has 0 aliphatic heterocycles. The zero-order valence-electron chi connectivity index (χ0n) is 12.3. The van der Waals surface area contributed by atoms with Gasteiger partial charge in [-0.1, -0.05) is 52.0 Å². The van der Waals surface area contributed by atoms with Crippen LogP contribution in [0.15, 0.2) is 24.3 Å². The molecule has 3 nitrogen and oxygen atoms in total. The molecule has 0 fully saturated rings. The molecule has 0 aliphatic carbocycles. The van der Waals surface area contributed by atoms with Crippen LogP contribution in [0.3, 0.4) is 0 Å². The van der Waals surface area contributed by atoms with Crippen LogP contribution in [-0.2, 0) is 17.8 Å². The van der Waals surface area contributed by atoms with E-state index in [0.29, 0.717) is 12.5 Å². The molecule has 0 amide bonds. The Morgan fingerprint density at radius 2 is 1.63 bits per heavy atom. The molecule has 1 aromatic rings. The average molecular weight is 263 g/mol. The highest BCUT2D eigenvalue weighted by Gasteiger charge is 2.20. The highest BCUT2D eigenvalue weighted by Crippen LogP contribution is 2.10. The topological polar surface area (TPSA) is 49.3 Å². The van der Waals surface area contributed by atoms with Crippen LogP contribution in [0.1, 0.15) is 38.8 Å². The number of carboxylic acid groups (broad SMARTS) is 1. The Balaban J connectivity index is 2.56. The van der Waals surface area contributed by atoms with Gasteiger partial charge in [-0.15, -0.1) is 0 Å². The first kappa shape index (κ1) is 15.7. The molecule has 0 radical (unpaired) electrons. The lowest BCUT2D eigenvalue weighted by Gasteiger charge is -2.18. The maximum Gasteiger partial charge on any atom is 0.320 e. The molecule has 1 atom stereocenters. The molecule has 0 unspecified atom stereocenters. The van der Waals surface area contributed by atoms with Crippen molar-refractivity contribution in [2.75, 3.05) is 0 Å². The van der Waals surface area contributed by atoms with Crippen LogP contribution in [0.25, 0.3) is 0 Å². The summed E-state index contributed by atoms with van der Waals surface area (Å²) in [5.74, 6) is -0.0505. The average Bonchev–Trinajstić information content (AvgIpc) is 2.29. The fourth-order valence-electron chi connectivity index (χ4n) is 2.10. The molecule has 0 spiro atoms. The predicted octanol–water partition coefficient (Wildman–Crippen LogP) is 3.08. The highest BCUT2D eigenvalue weighted by atomic mass is 16.4. The summed E-state index contributed by atoms with van der Waals surface area (Å²) in [6, 6.07) is 7.91. The number of aliphatic carboxylic acids is 1. The number of benzene rings is 1. The van der Waals surface area contributed by atoms with Crippen LogP contribution in [0.5, 0.6) is 0 Å². The van der Waals surface area contributed by atoms with Crippen molar-refractivity contribution in [3.05, 3.63) is 35.4 Å². The minimum absolute atomic E-state index is 0.0812. The van der Waals surface area contributed by atoms with Crippen molar-refractivity contribution < 1.29 is 9.90 Å². The molecule has 2 N–H and O–H groups in total. The molecule has 0 aromatic heterocycles. The third-order valence-corrected chi connectivity index (χ3v) is 3.13. The van der Waals surface area contributed by atoms with E-state index in [0.717, 1.165) is 12.0 Å². The van der Waals surface area contributed by atoms with E-state index in [1.165, 1.54) is 5.56 Å². The van der Waals surface area contributed by atoms with Gasteiger partial charge in [0, 0.05) is 6.54 Å². The quantitative estimate of drug-likeness (QED) is 0.795. The smallest absolute Gasteiger partial charge is 0.320 e. The first-order chi connectivity index (χ1) is 8.90. The van der Waals surface area contributed by atoms with E-state index in [9.17, 15) is 4.79 Å². The lowest BCUT2D eigenvalue weighted by molar-refractivity contribution is -0.140. The number of nitrogens with one attached hydrogen (secondary N) is 1. The summed E-state index contributed by atoms with van der Waals surface area (Å²) in [5, 5.41) is 12.2. The second-order valence-electron chi connectivity index (χ2n) is 5.86. The van der Waals surface area contributed by atoms with Gasteiger partial charge < -0.3 is 10.4 Å². The minimum Gasteiger partial charge on any atom is -0.480 e. The normalized spacial score (nSPS) is 12.9. The van der Waals surface area contributed by atoms with Gasteiger partial charge in [-0.05, 0) is 29.4 Å². The lowest BCUT2D eigenvalue weighted by Crippen LogP contribution is -2.40. The van der Waals surface area contributed by atoms with E-state index in [1.807, 2.05) is 13.8 Å². The van der Waals surface area contributed by atoms with Crippen LogP contribution in [-0.4, -0.2) is 17.1 Å². The van der Waals surface area contributed by atoms with Gasteiger partial charge in [0.1, 0.15) is 6.04 Å². The number of rotatable bonds is 7. The van der Waals surface area contributed by atoms with Crippen LogP contribution >= 0.6 is 0 Å². The Morgan fingerprint density at radius 1 is 1.11 bits per heavy atom. The highest BCUT2D eigenvalue weighted by molar-refractivity contribution is 5.73. The van der Waals surface area contributed by atoms with E-state index < -0.39 is 12.0 Å². The Labute approximate surface area is 116 Å². The summed E-state index contributed by atoms with van der Waals surface area (Å²) < 4.78 is 0. The Bertz CT molecular complexity index is 396. The second kappa shape index (κ2) is 7.29. The molecule has 0 aliphatic rings. The second-order valence-corrected chi connectivity index (χ2v) is 5.86. The molecular weight excluding hydrogens is 238 g/mol. The van der Waals surface area contributed by atoms with Gasteiger partial charge in [-0.2, -0.15) is 0 Å². The van der Waals surface area contributed by atoms with E-state index in [-0.39, 0.29) is 5.92 Å². The summed E-state index contributed by atoms with van der Waals surface area (Å²) in [5.41, 5.74) is 2.46. The van der Waals surface area contributed by atoms with Crippen LogP contribution < -0.4 is 5.32 Å². The Hall–Kier alpha value is -1.35. The van der Waals surface area contributed by atoms with Crippen molar-refractivity contribution in [2.45, 2.75) is 46.7 Å². The molecule has 0 bridgehead atoms. The maximum absolute atomic E-state index is 11.1. The summed E-state index contributed by atoms with van der Waals surface area (Å²) in [6.45, 7) is 8.83. The molecule has 0 saturated heterocycles. The largest absolute Gasteiger partial charge is 0.480 e. The maximum atomic E-state index is 11.1. The van der Waals surface area contributed by atoms with Crippen molar-refractivity contribution >= 4 is 5.97 Å². The summed E-state index contributed by atoms with van der Waals surface area (Å²) in [7, 11) is 0. The minimum atomic E-state index is -0.786. The van der Waals surface area contributed by atoms with Gasteiger partial charge in [0.05, 0.1) is 0 Å². The van der Waals surface area contributed by atoms with E-state index in [4.69, 9.17) is 5.11 Å². The summed E-state index contributed by atoms with van der Waals surface area (Å²) in [4.78, 5) is 11.1. The van der Waals surface area contributed by atoms with Gasteiger partial charge in [0.25, 0.3) is 0 Å². The zero-order chi connectivity index (χ0) is 14.4. The predicted molar refractivity (Wildman–Crippen MR) is 78.1 cm³/mol. The van der Waals surface area contributed by atoms with Crippen LogP contribution in [0.2, 0.25) is 0 Å². The molecule has 0 saturated carbocycles. The van der Waals surface area contributed by atoms with Crippen molar-refractivity contribution in [1.29, 1.82) is 0 Å². The monoisotopic (exact) mass is 263 g/mol. The van der Waals surface area contributed by atoms with Gasteiger partial charge in [0.15, 0.2) is 0 Å². The Morgan fingerprint density at radius 3 is 2.05 bits per heavy atom. The molecule has 3 heteroatoms. The number of carboxylic acids is 1.